The van der Waals surface area contributed by atoms with Crippen LogP contribution in [0.25, 0.3) is 0 Å². The molecule has 0 bridgehead atoms. The van der Waals surface area contributed by atoms with Gasteiger partial charge in [-0.25, -0.2) is 0 Å². The molecule has 0 unspecified atom stereocenters. The van der Waals surface area contributed by atoms with Crippen molar-refractivity contribution in [3.05, 3.63) is 11.3 Å². The molecular formula is C8H10O2. The molecule has 2 heteroatoms. The topological polar surface area (TPSA) is 26.3 Å². The minimum absolute atomic E-state index is 0.0411. The lowest BCUT2D eigenvalue weighted by Gasteiger charge is -2.12. The minimum Gasteiger partial charge on any atom is -0.431 e. The van der Waals surface area contributed by atoms with Crippen LogP contribution in [0.15, 0.2) is 11.3 Å². The quantitative estimate of drug-likeness (QED) is 0.477. The van der Waals surface area contributed by atoms with Gasteiger partial charge in [0.25, 0.3) is 0 Å². The first-order valence-corrected chi connectivity index (χ1v) is 3.78. The van der Waals surface area contributed by atoms with Crippen molar-refractivity contribution in [3.8, 4) is 0 Å². The zero-order valence-electron chi connectivity index (χ0n) is 5.85. The minimum atomic E-state index is -0.0411. The maximum Gasteiger partial charge on any atom is 0.311 e. The Morgan fingerprint density at radius 1 is 1.10 bits per heavy atom. The van der Waals surface area contributed by atoms with E-state index in [-0.39, 0.29) is 5.97 Å². The number of carbonyl (C=O) groups excluding carboxylic acids is 1. The van der Waals surface area contributed by atoms with Gasteiger partial charge in [-0.05, 0) is 24.8 Å². The molecule has 0 saturated heterocycles. The number of ether oxygens (including phenoxy) is 1. The lowest BCUT2D eigenvalue weighted by molar-refractivity contribution is -0.140. The smallest absolute Gasteiger partial charge is 0.311 e. The van der Waals surface area contributed by atoms with E-state index in [4.69, 9.17) is 4.74 Å². The molecule has 0 spiro atoms. The van der Waals surface area contributed by atoms with Crippen LogP contribution in [0.1, 0.15) is 32.1 Å². The molecule has 1 heterocycles. The fraction of sp³-hybridized carbons (Fsp3) is 0.625. The summed E-state index contributed by atoms with van der Waals surface area (Å²) in [6, 6.07) is 0. The molecule has 2 aliphatic rings. The molecule has 0 aromatic rings. The van der Waals surface area contributed by atoms with Crippen molar-refractivity contribution < 1.29 is 9.53 Å². The van der Waals surface area contributed by atoms with Crippen molar-refractivity contribution in [1.29, 1.82) is 0 Å². The maximum atomic E-state index is 10.7. The third kappa shape index (κ3) is 0.838. The second-order valence-electron chi connectivity index (χ2n) is 2.85. The molecular weight excluding hydrogens is 128 g/mol. The Balaban J connectivity index is 2.21. The maximum absolute atomic E-state index is 10.7. The van der Waals surface area contributed by atoms with Crippen molar-refractivity contribution in [2.75, 3.05) is 0 Å². The summed E-state index contributed by atoms with van der Waals surface area (Å²) in [5.74, 6) is 0.942. The molecule has 54 valence electrons. The first kappa shape index (κ1) is 5.96. The van der Waals surface area contributed by atoms with Gasteiger partial charge in [-0.2, -0.15) is 0 Å². The van der Waals surface area contributed by atoms with Gasteiger partial charge in [0.2, 0.25) is 0 Å². The highest BCUT2D eigenvalue weighted by Gasteiger charge is 2.23. The summed E-state index contributed by atoms with van der Waals surface area (Å²) in [6.45, 7) is 0. The highest BCUT2D eigenvalue weighted by Crippen LogP contribution is 2.33. The number of esters is 1. The van der Waals surface area contributed by atoms with Gasteiger partial charge in [0, 0.05) is 12.8 Å². The third-order valence-corrected chi connectivity index (χ3v) is 2.14. The molecule has 0 N–H and O–H groups in total. The van der Waals surface area contributed by atoms with Crippen molar-refractivity contribution in [3.63, 3.8) is 0 Å². The molecule has 0 aromatic heterocycles. The summed E-state index contributed by atoms with van der Waals surface area (Å²) in [5, 5.41) is 0. The van der Waals surface area contributed by atoms with Crippen molar-refractivity contribution in [1.82, 2.24) is 0 Å². The van der Waals surface area contributed by atoms with Gasteiger partial charge in [0.05, 0.1) is 0 Å². The Hall–Kier alpha value is -0.790. The van der Waals surface area contributed by atoms with E-state index in [1.807, 2.05) is 0 Å². The van der Waals surface area contributed by atoms with E-state index < -0.39 is 0 Å². The third-order valence-electron chi connectivity index (χ3n) is 2.14. The second-order valence-corrected chi connectivity index (χ2v) is 2.85. The molecule has 0 radical (unpaired) electrons. The molecule has 0 amide bonds. The Kier molecular flexibility index (Phi) is 1.26. The fourth-order valence-corrected chi connectivity index (χ4v) is 1.61. The highest BCUT2D eigenvalue weighted by atomic mass is 16.5. The van der Waals surface area contributed by atoms with Crippen LogP contribution >= 0.6 is 0 Å². The number of hydrogen-bond donors (Lipinski definition) is 0. The number of allylic oxidation sites excluding steroid dienone is 2. The van der Waals surface area contributed by atoms with Crippen molar-refractivity contribution >= 4 is 5.97 Å². The van der Waals surface area contributed by atoms with Gasteiger partial charge in [-0.1, -0.05) is 0 Å². The van der Waals surface area contributed by atoms with Crippen LogP contribution in [0.2, 0.25) is 0 Å². The van der Waals surface area contributed by atoms with E-state index in [1.54, 1.807) is 0 Å². The van der Waals surface area contributed by atoms with Crippen LogP contribution in [0.5, 0.6) is 0 Å². The number of hydrogen-bond acceptors (Lipinski definition) is 2. The molecule has 10 heavy (non-hydrogen) atoms. The average Bonchev–Trinajstić information content (AvgIpc) is 2.33. The zero-order chi connectivity index (χ0) is 6.97. The van der Waals surface area contributed by atoms with E-state index in [1.165, 1.54) is 12.0 Å². The van der Waals surface area contributed by atoms with Crippen LogP contribution < -0.4 is 0 Å². The van der Waals surface area contributed by atoms with Gasteiger partial charge in [0.1, 0.15) is 5.76 Å². The Labute approximate surface area is 59.9 Å². The molecule has 0 aromatic carbocycles. The van der Waals surface area contributed by atoms with Crippen LogP contribution in [0.3, 0.4) is 0 Å². The average molecular weight is 138 g/mol. The van der Waals surface area contributed by atoms with Crippen LogP contribution in [0, 0.1) is 0 Å². The largest absolute Gasteiger partial charge is 0.431 e. The summed E-state index contributed by atoms with van der Waals surface area (Å²) in [6.07, 6.45) is 4.87. The lowest BCUT2D eigenvalue weighted by Crippen LogP contribution is -2.09. The summed E-state index contributed by atoms with van der Waals surface area (Å²) < 4.78 is 5.05. The van der Waals surface area contributed by atoms with E-state index in [9.17, 15) is 4.79 Å². The van der Waals surface area contributed by atoms with E-state index in [0.717, 1.165) is 25.0 Å². The highest BCUT2D eigenvalue weighted by molar-refractivity contribution is 5.72. The van der Waals surface area contributed by atoms with Crippen LogP contribution in [-0.4, -0.2) is 5.97 Å². The van der Waals surface area contributed by atoms with E-state index >= 15 is 0 Å². The first-order valence-electron chi connectivity index (χ1n) is 3.78. The van der Waals surface area contributed by atoms with Crippen LogP contribution in [-0.2, 0) is 9.53 Å². The standard InChI is InChI=1S/C8H10O2/c9-8-5-4-6-2-1-3-7(6)10-8/h1-5H2. The summed E-state index contributed by atoms with van der Waals surface area (Å²) in [4.78, 5) is 10.7. The number of rotatable bonds is 0. The van der Waals surface area contributed by atoms with Gasteiger partial charge in [-0.3, -0.25) is 4.79 Å². The predicted molar refractivity (Wildman–Crippen MR) is 36.2 cm³/mol. The van der Waals surface area contributed by atoms with Gasteiger partial charge in [0.15, 0.2) is 0 Å². The summed E-state index contributed by atoms with van der Waals surface area (Å²) >= 11 is 0. The van der Waals surface area contributed by atoms with Crippen molar-refractivity contribution in [2.45, 2.75) is 32.1 Å². The molecule has 2 nitrogen and oxygen atoms in total. The lowest BCUT2D eigenvalue weighted by atomic mass is 10.1. The first-order chi connectivity index (χ1) is 4.86. The van der Waals surface area contributed by atoms with Crippen LogP contribution in [0.4, 0.5) is 0 Å². The number of carbonyl (C=O) groups is 1. The van der Waals surface area contributed by atoms with Gasteiger partial charge >= 0.3 is 5.97 Å². The second kappa shape index (κ2) is 2.11. The monoisotopic (exact) mass is 138 g/mol. The van der Waals surface area contributed by atoms with E-state index in [0.29, 0.717) is 6.42 Å². The SMILES string of the molecule is O=C1CCC2=C(CCC2)O1. The molecule has 2 rings (SSSR count). The fourth-order valence-electron chi connectivity index (χ4n) is 1.61. The van der Waals surface area contributed by atoms with Crippen molar-refractivity contribution in [2.24, 2.45) is 0 Å². The molecule has 1 aliphatic heterocycles. The zero-order valence-corrected chi connectivity index (χ0v) is 5.85. The van der Waals surface area contributed by atoms with Gasteiger partial charge < -0.3 is 4.74 Å². The predicted octanol–water partition coefficient (Wildman–Crippen LogP) is 1.76. The molecule has 0 saturated carbocycles. The Morgan fingerprint density at radius 2 is 2.00 bits per heavy atom. The summed E-state index contributed by atoms with van der Waals surface area (Å²) in [5.41, 5.74) is 1.39. The van der Waals surface area contributed by atoms with E-state index in [2.05, 4.69) is 0 Å². The Bertz CT molecular complexity index is 203. The molecule has 0 fully saturated rings. The Morgan fingerprint density at radius 3 is 2.90 bits per heavy atom. The molecule has 0 atom stereocenters. The van der Waals surface area contributed by atoms with Gasteiger partial charge in [-0.15, -0.1) is 0 Å². The normalized spacial score (nSPS) is 24.6. The summed E-state index contributed by atoms with van der Waals surface area (Å²) in [7, 11) is 0. The molecule has 1 aliphatic carbocycles.